The first-order valence-corrected chi connectivity index (χ1v) is 6.48. The van der Waals surface area contributed by atoms with Crippen molar-refractivity contribution in [1.29, 1.82) is 0 Å². The molecule has 102 valence electrons. The summed E-state index contributed by atoms with van der Waals surface area (Å²) in [5.74, 6) is 1.06. The van der Waals surface area contributed by atoms with Crippen molar-refractivity contribution in [2.24, 2.45) is 5.92 Å². The van der Waals surface area contributed by atoms with Crippen LogP contribution in [0.3, 0.4) is 0 Å². The molecule has 2 heterocycles. The van der Waals surface area contributed by atoms with Crippen molar-refractivity contribution in [3.8, 4) is 0 Å². The van der Waals surface area contributed by atoms with Gasteiger partial charge in [0.15, 0.2) is 5.82 Å². The van der Waals surface area contributed by atoms with E-state index in [0.29, 0.717) is 18.3 Å². The molecule has 1 aliphatic rings. The van der Waals surface area contributed by atoms with E-state index in [1.807, 2.05) is 13.8 Å². The van der Waals surface area contributed by atoms with Crippen LogP contribution in [0.2, 0.25) is 0 Å². The molecule has 1 saturated heterocycles. The van der Waals surface area contributed by atoms with Gasteiger partial charge in [0.2, 0.25) is 0 Å². The predicted molar refractivity (Wildman–Crippen MR) is 66.4 cm³/mol. The van der Waals surface area contributed by atoms with E-state index in [1.165, 1.54) is 4.68 Å². The van der Waals surface area contributed by atoms with Gasteiger partial charge in [0.25, 0.3) is 0 Å². The lowest BCUT2D eigenvalue weighted by Gasteiger charge is -2.16. The summed E-state index contributed by atoms with van der Waals surface area (Å²) in [6.45, 7) is 6.87. The van der Waals surface area contributed by atoms with E-state index in [0.717, 1.165) is 6.42 Å². The minimum absolute atomic E-state index is 0.0383. The van der Waals surface area contributed by atoms with Crippen molar-refractivity contribution >= 4 is 0 Å². The highest BCUT2D eigenvalue weighted by molar-refractivity contribution is 4.99. The highest BCUT2D eigenvalue weighted by Gasteiger charge is 2.32. The topological polar surface area (TPSA) is 69.3 Å². The lowest BCUT2D eigenvalue weighted by molar-refractivity contribution is 0.0824. The average molecular weight is 255 g/mol. The zero-order valence-electron chi connectivity index (χ0n) is 11.2. The van der Waals surface area contributed by atoms with Gasteiger partial charge in [-0.2, -0.15) is 5.10 Å². The van der Waals surface area contributed by atoms with Crippen LogP contribution in [0.1, 0.15) is 45.2 Å². The Morgan fingerprint density at radius 2 is 2.28 bits per heavy atom. The second kappa shape index (κ2) is 5.24. The van der Waals surface area contributed by atoms with E-state index in [2.05, 4.69) is 12.0 Å². The van der Waals surface area contributed by atoms with Crippen LogP contribution in [0.5, 0.6) is 0 Å². The number of ether oxygens (including phenoxy) is 1. The fourth-order valence-electron chi connectivity index (χ4n) is 2.38. The van der Waals surface area contributed by atoms with Gasteiger partial charge < -0.3 is 9.84 Å². The number of aliphatic hydroxyl groups is 1. The Kier molecular flexibility index (Phi) is 3.87. The number of rotatable bonds is 4. The fraction of sp³-hybridized carbons (Fsp3) is 0.833. The van der Waals surface area contributed by atoms with E-state index in [-0.39, 0.29) is 31.0 Å². The highest BCUT2D eigenvalue weighted by atomic mass is 16.5. The molecule has 2 atom stereocenters. The number of hydrogen-bond donors (Lipinski definition) is 1. The minimum Gasteiger partial charge on any atom is -0.394 e. The van der Waals surface area contributed by atoms with Crippen molar-refractivity contribution in [3.63, 3.8) is 0 Å². The second-order valence-electron chi connectivity index (χ2n) is 5.11. The van der Waals surface area contributed by atoms with E-state index in [4.69, 9.17) is 9.84 Å². The molecule has 18 heavy (non-hydrogen) atoms. The van der Waals surface area contributed by atoms with Crippen molar-refractivity contribution < 1.29 is 9.84 Å². The van der Waals surface area contributed by atoms with E-state index in [9.17, 15) is 4.79 Å². The van der Waals surface area contributed by atoms with Crippen LogP contribution in [0.4, 0.5) is 0 Å². The maximum absolute atomic E-state index is 12.2. The van der Waals surface area contributed by atoms with Gasteiger partial charge in [-0.3, -0.25) is 4.57 Å². The van der Waals surface area contributed by atoms with Crippen LogP contribution < -0.4 is 5.69 Å². The van der Waals surface area contributed by atoms with Crippen LogP contribution in [0, 0.1) is 5.92 Å². The lowest BCUT2D eigenvalue weighted by Crippen LogP contribution is -2.28. The van der Waals surface area contributed by atoms with Crippen LogP contribution in [-0.2, 0) is 11.3 Å². The van der Waals surface area contributed by atoms with Crippen molar-refractivity contribution in [2.75, 3.05) is 13.2 Å². The normalized spacial score (nSPS) is 24.1. The SMILES string of the molecule is CC(C)n1c([C@H]2OCC[C@H]2C)nn(CCO)c1=O. The molecule has 1 N–H and O–H groups in total. The number of aromatic nitrogens is 3. The van der Waals surface area contributed by atoms with Crippen LogP contribution >= 0.6 is 0 Å². The fourth-order valence-corrected chi connectivity index (χ4v) is 2.38. The molecule has 0 aromatic carbocycles. The molecule has 0 saturated carbocycles. The summed E-state index contributed by atoms with van der Waals surface area (Å²) < 4.78 is 8.68. The van der Waals surface area contributed by atoms with Crippen molar-refractivity contribution in [1.82, 2.24) is 14.3 Å². The maximum atomic E-state index is 12.2. The molecular formula is C12H21N3O3. The Labute approximate surface area is 106 Å². The third-order valence-electron chi connectivity index (χ3n) is 3.37. The van der Waals surface area contributed by atoms with Gasteiger partial charge in [-0.1, -0.05) is 6.92 Å². The molecule has 6 heteroatoms. The molecule has 1 aromatic rings. The summed E-state index contributed by atoms with van der Waals surface area (Å²) in [4.78, 5) is 12.2. The number of aliphatic hydroxyl groups excluding tert-OH is 1. The maximum Gasteiger partial charge on any atom is 0.346 e. The smallest absolute Gasteiger partial charge is 0.346 e. The number of hydrogen-bond acceptors (Lipinski definition) is 4. The van der Waals surface area contributed by atoms with Crippen LogP contribution in [0.15, 0.2) is 4.79 Å². The lowest BCUT2D eigenvalue weighted by atomic mass is 10.0. The molecular weight excluding hydrogens is 234 g/mol. The van der Waals surface area contributed by atoms with Gasteiger partial charge in [0.1, 0.15) is 6.10 Å². The van der Waals surface area contributed by atoms with Crippen molar-refractivity contribution in [3.05, 3.63) is 16.3 Å². The second-order valence-corrected chi connectivity index (χ2v) is 5.11. The monoisotopic (exact) mass is 255 g/mol. The summed E-state index contributed by atoms with van der Waals surface area (Å²) in [6, 6.07) is 0.0383. The first-order valence-electron chi connectivity index (χ1n) is 6.48. The minimum atomic E-state index is -0.170. The average Bonchev–Trinajstić information content (AvgIpc) is 2.84. The summed E-state index contributed by atoms with van der Waals surface area (Å²) >= 11 is 0. The summed E-state index contributed by atoms with van der Waals surface area (Å²) in [5.41, 5.74) is -0.170. The molecule has 1 aliphatic heterocycles. The molecule has 1 aromatic heterocycles. The van der Waals surface area contributed by atoms with Gasteiger partial charge in [0.05, 0.1) is 13.2 Å². The molecule has 2 rings (SSSR count). The van der Waals surface area contributed by atoms with E-state index in [1.54, 1.807) is 4.57 Å². The van der Waals surface area contributed by atoms with Gasteiger partial charge in [-0.05, 0) is 26.2 Å². The highest BCUT2D eigenvalue weighted by Crippen LogP contribution is 2.33. The van der Waals surface area contributed by atoms with Gasteiger partial charge in [-0.15, -0.1) is 0 Å². The first kappa shape index (κ1) is 13.3. The zero-order valence-corrected chi connectivity index (χ0v) is 11.2. The van der Waals surface area contributed by atoms with Crippen LogP contribution in [-0.4, -0.2) is 32.7 Å². The number of nitrogens with zero attached hydrogens (tertiary/aromatic N) is 3. The van der Waals surface area contributed by atoms with E-state index >= 15 is 0 Å². The largest absolute Gasteiger partial charge is 0.394 e. The van der Waals surface area contributed by atoms with Crippen LogP contribution in [0.25, 0.3) is 0 Å². The van der Waals surface area contributed by atoms with Gasteiger partial charge >= 0.3 is 5.69 Å². The zero-order chi connectivity index (χ0) is 13.3. The quantitative estimate of drug-likeness (QED) is 0.860. The Bertz CT molecular complexity index is 464. The summed E-state index contributed by atoms with van der Waals surface area (Å²) in [6.07, 6.45) is 0.879. The molecule has 0 amide bonds. The van der Waals surface area contributed by atoms with Gasteiger partial charge in [-0.25, -0.2) is 9.48 Å². The van der Waals surface area contributed by atoms with E-state index < -0.39 is 0 Å². The third kappa shape index (κ3) is 2.22. The Morgan fingerprint density at radius 3 is 2.78 bits per heavy atom. The molecule has 0 aliphatic carbocycles. The molecule has 0 unspecified atom stereocenters. The predicted octanol–water partition coefficient (Wildman–Crippen LogP) is 0.716. The molecule has 1 fully saturated rings. The van der Waals surface area contributed by atoms with Crippen molar-refractivity contribution in [2.45, 2.75) is 45.9 Å². The Hall–Kier alpha value is -1.14. The third-order valence-corrected chi connectivity index (χ3v) is 3.37. The first-order chi connectivity index (χ1) is 8.56. The molecule has 0 bridgehead atoms. The molecule has 0 radical (unpaired) electrons. The Balaban J connectivity index is 2.45. The Morgan fingerprint density at radius 1 is 1.56 bits per heavy atom. The van der Waals surface area contributed by atoms with Gasteiger partial charge in [0, 0.05) is 12.6 Å². The molecule has 6 nitrogen and oxygen atoms in total. The molecule has 0 spiro atoms. The standard InChI is InChI=1S/C12H21N3O3/c1-8(2)15-11(10-9(3)4-7-18-10)13-14(5-6-16)12(15)17/h8-10,16H,4-7H2,1-3H3/t9-,10+/m1/s1. The summed E-state index contributed by atoms with van der Waals surface area (Å²) in [5, 5.41) is 13.3. The summed E-state index contributed by atoms with van der Waals surface area (Å²) in [7, 11) is 0.